The van der Waals surface area contributed by atoms with E-state index in [-0.39, 0.29) is 0 Å². The van der Waals surface area contributed by atoms with Crippen LogP contribution in [0.5, 0.6) is 0 Å². The monoisotopic (exact) mass is 298 g/mol. The van der Waals surface area contributed by atoms with E-state index in [0.717, 1.165) is 23.1 Å². The van der Waals surface area contributed by atoms with Crippen molar-refractivity contribution >= 4 is 37.5 Å². The van der Waals surface area contributed by atoms with Crippen LogP contribution in [0.25, 0.3) is 10.2 Å². The topological polar surface area (TPSA) is 24.9 Å². The largest absolute Gasteiger partial charge is 0.316 e. The lowest BCUT2D eigenvalue weighted by Gasteiger charge is -2.07. The molecule has 16 heavy (non-hydrogen) atoms. The first-order valence-corrected chi connectivity index (χ1v) is 7.08. The third kappa shape index (κ3) is 2.62. The summed E-state index contributed by atoms with van der Waals surface area (Å²) in [6.07, 6.45) is 0. The first-order valence-electron chi connectivity index (χ1n) is 5.47. The Morgan fingerprint density at radius 1 is 1.50 bits per heavy atom. The molecule has 1 aromatic carbocycles. The third-order valence-corrected chi connectivity index (χ3v) is 4.23. The van der Waals surface area contributed by atoms with Crippen molar-refractivity contribution in [2.45, 2.75) is 19.8 Å². The summed E-state index contributed by atoms with van der Waals surface area (Å²) in [5.74, 6) is 0.483. The Hall–Kier alpha value is -0.450. The Labute approximate surface area is 108 Å². The first-order chi connectivity index (χ1) is 7.70. The number of fused-ring (bicyclic) bond motifs is 1. The number of benzene rings is 1. The number of nitrogens with zero attached hydrogens (tertiary/aromatic N) is 1. The van der Waals surface area contributed by atoms with Gasteiger partial charge in [0.1, 0.15) is 0 Å². The van der Waals surface area contributed by atoms with Crippen molar-refractivity contribution in [3.8, 4) is 0 Å². The molecule has 0 aliphatic carbocycles. The van der Waals surface area contributed by atoms with E-state index < -0.39 is 0 Å². The fourth-order valence-corrected chi connectivity index (χ4v) is 3.15. The number of hydrogen-bond donors (Lipinski definition) is 1. The molecule has 0 fully saturated rings. The van der Waals surface area contributed by atoms with E-state index in [1.54, 1.807) is 11.3 Å². The zero-order valence-corrected chi connectivity index (χ0v) is 11.9. The normalized spacial score (nSPS) is 13.2. The molecule has 1 atom stereocenters. The molecule has 0 aliphatic heterocycles. The van der Waals surface area contributed by atoms with Crippen LogP contribution in [0.1, 0.15) is 24.8 Å². The Kier molecular flexibility index (Phi) is 3.95. The van der Waals surface area contributed by atoms with Crippen LogP contribution in [0.3, 0.4) is 0 Å². The molecule has 0 saturated heterocycles. The molecule has 0 saturated carbocycles. The molecular weight excluding hydrogens is 284 g/mol. The van der Waals surface area contributed by atoms with Gasteiger partial charge in [-0.1, -0.05) is 29.8 Å². The summed E-state index contributed by atoms with van der Waals surface area (Å²) in [7, 11) is 0. The van der Waals surface area contributed by atoms with Crippen molar-refractivity contribution in [3.05, 3.63) is 27.7 Å². The average molecular weight is 299 g/mol. The van der Waals surface area contributed by atoms with Gasteiger partial charge in [0.05, 0.1) is 15.2 Å². The second kappa shape index (κ2) is 5.25. The van der Waals surface area contributed by atoms with Gasteiger partial charge >= 0.3 is 0 Å². The minimum absolute atomic E-state index is 0.483. The van der Waals surface area contributed by atoms with Crippen molar-refractivity contribution in [2.24, 2.45) is 0 Å². The first kappa shape index (κ1) is 12.0. The van der Waals surface area contributed by atoms with Gasteiger partial charge in [0.25, 0.3) is 0 Å². The quantitative estimate of drug-likeness (QED) is 0.929. The fraction of sp³-hybridized carbons (Fsp3) is 0.417. The molecular formula is C12H15BrN2S. The minimum atomic E-state index is 0.483. The molecule has 2 rings (SSSR count). The molecule has 1 N–H and O–H groups in total. The Balaban J connectivity index is 2.25. The Morgan fingerprint density at radius 2 is 2.31 bits per heavy atom. The second-order valence-corrected chi connectivity index (χ2v) is 5.85. The highest BCUT2D eigenvalue weighted by atomic mass is 79.9. The van der Waals surface area contributed by atoms with Gasteiger partial charge < -0.3 is 5.32 Å². The third-order valence-electron chi connectivity index (χ3n) is 2.49. The maximum Gasteiger partial charge on any atom is 0.0979 e. The van der Waals surface area contributed by atoms with E-state index in [9.17, 15) is 0 Å². The van der Waals surface area contributed by atoms with E-state index >= 15 is 0 Å². The smallest absolute Gasteiger partial charge is 0.0979 e. The molecule has 1 unspecified atom stereocenters. The van der Waals surface area contributed by atoms with Crippen molar-refractivity contribution in [3.63, 3.8) is 0 Å². The molecule has 0 spiro atoms. The van der Waals surface area contributed by atoms with Crippen molar-refractivity contribution in [2.75, 3.05) is 13.1 Å². The lowest BCUT2D eigenvalue weighted by atomic mass is 10.2. The van der Waals surface area contributed by atoms with Crippen LogP contribution in [-0.4, -0.2) is 18.1 Å². The summed E-state index contributed by atoms with van der Waals surface area (Å²) in [5, 5.41) is 4.58. The van der Waals surface area contributed by atoms with Gasteiger partial charge in [-0.15, -0.1) is 11.3 Å². The van der Waals surface area contributed by atoms with Crippen molar-refractivity contribution < 1.29 is 0 Å². The maximum absolute atomic E-state index is 4.66. The summed E-state index contributed by atoms with van der Waals surface area (Å²) in [5.41, 5.74) is 1.10. The van der Waals surface area contributed by atoms with Gasteiger partial charge in [0, 0.05) is 16.9 Å². The molecule has 0 bridgehead atoms. The van der Waals surface area contributed by atoms with Crippen molar-refractivity contribution in [1.29, 1.82) is 0 Å². The van der Waals surface area contributed by atoms with Crippen LogP contribution in [0, 0.1) is 0 Å². The minimum Gasteiger partial charge on any atom is -0.316 e. The summed E-state index contributed by atoms with van der Waals surface area (Å²) < 4.78 is 2.38. The predicted molar refractivity (Wildman–Crippen MR) is 74.3 cm³/mol. The molecule has 0 radical (unpaired) electrons. The van der Waals surface area contributed by atoms with E-state index in [1.165, 1.54) is 9.71 Å². The standard InChI is InChI=1S/C12H15BrN2S/c1-3-14-7-8(2)12-15-10-5-4-9(13)6-11(10)16-12/h4-6,8,14H,3,7H2,1-2H3. The number of nitrogens with one attached hydrogen (secondary N) is 1. The van der Waals surface area contributed by atoms with Crippen LogP contribution < -0.4 is 5.32 Å². The Bertz CT molecular complexity index is 481. The van der Waals surface area contributed by atoms with E-state index in [1.807, 2.05) is 6.07 Å². The van der Waals surface area contributed by atoms with Crippen LogP contribution in [0.2, 0.25) is 0 Å². The highest BCUT2D eigenvalue weighted by Crippen LogP contribution is 2.29. The molecule has 1 heterocycles. The average Bonchev–Trinajstić information content (AvgIpc) is 2.68. The number of rotatable bonds is 4. The SMILES string of the molecule is CCNCC(C)c1nc2ccc(Br)cc2s1. The van der Waals surface area contributed by atoms with Crippen LogP contribution in [-0.2, 0) is 0 Å². The molecule has 4 heteroatoms. The van der Waals surface area contributed by atoms with E-state index in [0.29, 0.717) is 5.92 Å². The lowest BCUT2D eigenvalue weighted by molar-refractivity contribution is 0.633. The van der Waals surface area contributed by atoms with Gasteiger partial charge in [-0.2, -0.15) is 0 Å². The van der Waals surface area contributed by atoms with Gasteiger partial charge in [-0.25, -0.2) is 4.98 Å². The van der Waals surface area contributed by atoms with Crippen LogP contribution >= 0.6 is 27.3 Å². The number of hydrogen-bond acceptors (Lipinski definition) is 3. The summed E-state index contributed by atoms with van der Waals surface area (Å²) in [6.45, 7) is 6.36. The van der Waals surface area contributed by atoms with Gasteiger partial charge in [-0.05, 0) is 24.7 Å². The van der Waals surface area contributed by atoms with Crippen molar-refractivity contribution in [1.82, 2.24) is 10.3 Å². The molecule has 2 nitrogen and oxygen atoms in total. The van der Waals surface area contributed by atoms with E-state index in [2.05, 4.69) is 52.2 Å². The molecule has 86 valence electrons. The Morgan fingerprint density at radius 3 is 3.06 bits per heavy atom. The predicted octanol–water partition coefficient (Wildman–Crippen LogP) is 3.77. The van der Waals surface area contributed by atoms with E-state index in [4.69, 9.17) is 0 Å². The molecule has 2 aromatic rings. The summed E-state index contributed by atoms with van der Waals surface area (Å²) >= 11 is 5.28. The highest BCUT2D eigenvalue weighted by molar-refractivity contribution is 9.10. The zero-order chi connectivity index (χ0) is 11.5. The van der Waals surface area contributed by atoms with Gasteiger partial charge in [0.2, 0.25) is 0 Å². The number of likely N-dealkylation sites (N-methyl/N-ethyl adjacent to an activating group) is 1. The van der Waals surface area contributed by atoms with Crippen LogP contribution in [0.4, 0.5) is 0 Å². The second-order valence-electron chi connectivity index (χ2n) is 3.87. The zero-order valence-electron chi connectivity index (χ0n) is 9.46. The highest BCUT2D eigenvalue weighted by Gasteiger charge is 2.10. The molecule has 0 aliphatic rings. The molecule has 0 amide bonds. The maximum atomic E-state index is 4.66. The molecule has 1 aromatic heterocycles. The van der Waals surface area contributed by atoms with Gasteiger partial charge in [-0.3, -0.25) is 0 Å². The summed E-state index contributed by atoms with van der Waals surface area (Å²) in [6, 6.07) is 6.25. The fourth-order valence-electron chi connectivity index (χ4n) is 1.58. The lowest BCUT2D eigenvalue weighted by Crippen LogP contribution is -2.19. The summed E-state index contributed by atoms with van der Waals surface area (Å²) in [4.78, 5) is 4.66. The number of thiazole rings is 1. The number of aromatic nitrogens is 1. The van der Waals surface area contributed by atoms with Gasteiger partial charge in [0.15, 0.2) is 0 Å². The van der Waals surface area contributed by atoms with Crippen LogP contribution in [0.15, 0.2) is 22.7 Å². The number of halogens is 1.